The smallest absolute Gasteiger partial charge is 0.193 e. The summed E-state index contributed by atoms with van der Waals surface area (Å²) in [7, 11) is 2.14. The van der Waals surface area contributed by atoms with Gasteiger partial charge in [0.2, 0.25) is 0 Å². The van der Waals surface area contributed by atoms with Crippen molar-refractivity contribution >= 4 is 35.6 Å². The summed E-state index contributed by atoms with van der Waals surface area (Å²) >= 11 is 0. The second-order valence-corrected chi connectivity index (χ2v) is 6.90. The molecule has 0 aliphatic carbocycles. The van der Waals surface area contributed by atoms with E-state index in [0.717, 1.165) is 12.2 Å². The minimum Gasteiger partial charge on any atom is -0.370 e. The van der Waals surface area contributed by atoms with Crippen molar-refractivity contribution in [2.75, 3.05) is 12.4 Å². The van der Waals surface area contributed by atoms with Crippen molar-refractivity contribution in [3.05, 3.63) is 64.7 Å². The third kappa shape index (κ3) is 6.61. The van der Waals surface area contributed by atoms with Crippen molar-refractivity contribution in [2.24, 2.45) is 10.7 Å². The van der Waals surface area contributed by atoms with Crippen LogP contribution in [0.5, 0.6) is 0 Å². The Morgan fingerprint density at radius 3 is 2.35 bits per heavy atom. The number of hydrogen-bond acceptors (Lipinski definition) is 2. The summed E-state index contributed by atoms with van der Waals surface area (Å²) in [5.74, 6) is 0.440. The van der Waals surface area contributed by atoms with Crippen molar-refractivity contribution in [3.8, 4) is 0 Å². The van der Waals surface area contributed by atoms with Gasteiger partial charge in [-0.3, -0.25) is 4.90 Å². The second kappa shape index (κ2) is 10.5. The lowest BCUT2D eigenvalue weighted by Crippen LogP contribution is -2.26. The fraction of sp³-hybridized carbons (Fsp3) is 0.381. The van der Waals surface area contributed by atoms with Crippen LogP contribution in [0, 0.1) is 13.8 Å². The summed E-state index contributed by atoms with van der Waals surface area (Å²) < 4.78 is 0. The summed E-state index contributed by atoms with van der Waals surface area (Å²) in [4.78, 5) is 6.84. The number of nitrogens with one attached hydrogen (secondary N) is 1. The van der Waals surface area contributed by atoms with Gasteiger partial charge in [0.05, 0.1) is 6.54 Å². The van der Waals surface area contributed by atoms with Crippen LogP contribution >= 0.6 is 24.0 Å². The van der Waals surface area contributed by atoms with Gasteiger partial charge in [-0.15, -0.1) is 24.0 Å². The summed E-state index contributed by atoms with van der Waals surface area (Å²) in [5, 5.41) is 3.18. The standard InChI is InChI=1S/C21H30N4.HI/c1-15(2)25(5)14-19-9-7-6-8-18(19)13-23-21(22)24-20-11-10-16(3)17(4)12-20;/h6-12,15H,13-14H2,1-5H3,(H3,22,23,24);1H. The molecule has 0 saturated heterocycles. The van der Waals surface area contributed by atoms with Crippen molar-refractivity contribution in [1.82, 2.24) is 4.90 Å². The van der Waals surface area contributed by atoms with Crippen LogP contribution in [-0.2, 0) is 13.1 Å². The highest BCUT2D eigenvalue weighted by molar-refractivity contribution is 14.0. The molecule has 0 spiro atoms. The number of anilines is 1. The van der Waals surface area contributed by atoms with Crippen LogP contribution < -0.4 is 11.1 Å². The lowest BCUT2D eigenvalue weighted by atomic mass is 10.1. The van der Waals surface area contributed by atoms with Gasteiger partial charge in [-0.05, 0) is 69.1 Å². The SMILES string of the molecule is Cc1ccc(NC(N)=NCc2ccccc2CN(C)C(C)C)cc1C.I. The Kier molecular flexibility index (Phi) is 9.08. The Balaban J connectivity index is 0.00000338. The average molecular weight is 466 g/mol. The first kappa shape index (κ1) is 22.4. The fourth-order valence-corrected chi connectivity index (χ4v) is 2.49. The molecule has 2 aromatic carbocycles. The summed E-state index contributed by atoms with van der Waals surface area (Å²) in [6, 6.07) is 15.1. The molecule has 0 atom stereocenters. The van der Waals surface area contributed by atoms with Gasteiger partial charge in [-0.1, -0.05) is 30.3 Å². The molecule has 0 heterocycles. The third-order valence-electron chi connectivity index (χ3n) is 4.62. The van der Waals surface area contributed by atoms with E-state index >= 15 is 0 Å². The third-order valence-corrected chi connectivity index (χ3v) is 4.62. The van der Waals surface area contributed by atoms with Crippen LogP contribution in [0.2, 0.25) is 0 Å². The maximum absolute atomic E-state index is 6.07. The Morgan fingerprint density at radius 2 is 1.73 bits per heavy atom. The molecule has 0 radical (unpaired) electrons. The van der Waals surface area contributed by atoms with E-state index in [1.807, 2.05) is 6.07 Å². The van der Waals surface area contributed by atoms with Gasteiger partial charge in [-0.2, -0.15) is 0 Å². The van der Waals surface area contributed by atoms with Gasteiger partial charge in [0, 0.05) is 18.3 Å². The average Bonchev–Trinajstić information content (AvgIpc) is 2.57. The largest absolute Gasteiger partial charge is 0.370 e. The second-order valence-electron chi connectivity index (χ2n) is 6.90. The zero-order valence-corrected chi connectivity index (χ0v) is 18.7. The van der Waals surface area contributed by atoms with E-state index in [1.54, 1.807) is 0 Å². The fourth-order valence-electron chi connectivity index (χ4n) is 2.49. The molecule has 0 aliphatic rings. The number of nitrogens with two attached hydrogens (primary N) is 1. The number of benzene rings is 2. The highest BCUT2D eigenvalue weighted by atomic mass is 127. The molecule has 0 fully saturated rings. The maximum atomic E-state index is 6.07. The molecule has 142 valence electrons. The molecule has 0 amide bonds. The van der Waals surface area contributed by atoms with Crippen LogP contribution in [0.25, 0.3) is 0 Å². The van der Waals surface area contributed by atoms with Gasteiger partial charge in [0.25, 0.3) is 0 Å². The lowest BCUT2D eigenvalue weighted by Gasteiger charge is -2.22. The number of nitrogens with zero attached hydrogens (tertiary/aromatic N) is 2. The van der Waals surface area contributed by atoms with Gasteiger partial charge >= 0.3 is 0 Å². The van der Waals surface area contributed by atoms with E-state index < -0.39 is 0 Å². The van der Waals surface area contributed by atoms with Crippen LogP contribution in [0.15, 0.2) is 47.5 Å². The molecule has 0 bridgehead atoms. The number of hydrogen-bond donors (Lipinski definition) is 2. The monoisotopic (exact) mass is 466 g/mol. The summed E-state index contributed by atoms with van der Waals surface area (Å²) in [5.41, 5.74) is 12.0. The summed E-state index contributed by atoms with van der Waals surface area (Å²) in [6.07, 6.45) is 0. The highest BCUT2D eigenvalue weighted by Gasteiger charge is 2.08. The van der Waals surface area contributed by atoms with Crippen LogP contribution in [0.1, 0.15) is 36.1 Å². The molecule has 0 aliphatic heterocycles. The molecule has 2 aromatic rings. The Morgan fingerprint density at radius 1 is 1.08 bits per heavy atom. The first-order chi connectivity index (χ1) is 11.9. The lowest BCUT2D eigenvalue weighted by molar-refractivity contribution is 0.265. The van der Waals surface area contributed by atoms with E-state index in [-0.39, 0.29) is 24.0 Å². The molecule has 0 aromatic heterocycles. The molecular formula is C21H31IN4. The van der Waals surface area contributed by atoms with Crippen molar-refractivity contribution in [3.63, 3.8) is 0 Å². The predicted octanol–water partition coefficient (Wildman–Crippen LogP) is 4.69. The molecule has 5 heteroatoms. The molecule has 0 saturated carbocycles. The maximum Gasteiger partial charge on any atom is 0.193 e. The first-order valence-electron chi connectivity index (χ1n) is 8.78. The van der Waals surface area contributed by atoms with Crippen LogP contribution in [0.4, 0.5) is 5.69 Å². The van der Waals surface area contributed by atoms with Crippen molar-refractivity contribution in [1.29, 1.82) is 0 Å². The highest BCUT2D eigenvalue weighted by Crippen LogP contribution is 2.15. The first-order valence-corrected chi connectivity index (χ1v) is 8.78. The molecular weight excluding hydrogens is 435 g/mol. The molecule has 2 rings (SSSR count). The summed E-state index contributed by atoms with van der Waals surface area (Å²) in [6.45, 7) is 10.1. The number of aryl methyl sites for hydroxylation is 2. The Bertz CT molecular complexity index is 741. The van der Waals surface area contributed by atoms with Crippen LogP contribution in [-0.4, -0.2) is 23.9 Å². The van der Waals surface area contributed by atoms with Gasteiger partial charge in [0.1, 0.15) is 0 Å². The zero-order chi connectivity index (χ0) is 18.4. The molecule has 4 nitrogen and oxygen atoms in total. The molecule has 26 heavy (non-hydrogen) atoms. The number of halogens is 1. The van der Waals surface area contributed by atoms with E-state index in [9.17, 15) is 0 Å². The number of aliphatic imine (C=N–C) groups is 1. The quantitative estimate of drug-likeness (QED) is 0.369. The zero-order valence-electron chi connectivity index (χ0n) is 16.4. The number of guanidine groups is 1. The predicted molar refractivity (Wildman–Crippen MR) is 123 cm³/mol. The van der Waals surface area contributed by atoms with Gasteiger partial charge in [0.15, 0.2) is 5.96 Å². The van der Waals surface area contributed by atoms with E-state index in [1.165, 1.54) is 22.3 Å². The van der Waals surface area contributed by atoms with Crippen molar-refractivity contribution in [2.45, 2.75) is 46.8 Å². The van der Waals surface area contributed by atoms with E-state index in [2.05, 4.69) is 86.3 Å². The number of rotatable bonds is 6. The molecule has 0 unspecified atom stereocenters. The van der Waals surface area contributed by atoms with E-state index in [0.29, 0.717) is 18.5 Å². The van der Waals surface area contributed by atoms with Gasteiger partial charge < -0.3 is 11.1 Å². The van der Waals surface area contributed by atoms with E-state index in [4.69, 9.17) is 5.73 Å². The van der Waals surface area contributed by atoms with Crippen molar-refractivity contribution < 1.29 is 0 Å². The topological polar surface area (TPSA) is 53.6 Å². The normalized spacial score (nSPS) is 11.6. The van der Waals surface area contributed by atoms with Gasteiger partial charge in [-0.25, -0.2) is 4.99 Å². The van der Waals surface area contributed by atoms with Crippen LogP contribution in [0.3, 0.4) is 0 Å². The molecule has 3 N–H and O–H groups in total. The minimum atomic E-state index is 0. The minimum absolute atomic E-state index is 0. The Hall–Kier alpha value is -1.60. The Labute approximate surface area is 174 Å².